The Balaban J connectivity index is 1.77. The van der Waals surface area contributed by atoms with Gasteiger partial charge < -0.3 is 4.52 Å². The van der Waals surface area contributed by atoms with Crippen LogP contribution in [0.3, 0.4) is 0 Å². The summed E-state index contributed by atoms with van der Waals surface area (Å²) in [5.41, 5.74) is 1.25. The molecule has 0 bridgehead atoms. The van der Waals surface area contributed by atoms with E-state index < -0.39 is 0 Å². The summed E-state index contributed by atoms with van der Waals surface area (Å²) < 4.78 is 17.9. The molecule has 0 aliphatic carbocycles. The van der Waals surface area contributed by atoms with Gasteiger partial charge in [-0.25, -0.2) is 4.39 Å². The highest BCUT2D eigenvalue weighted by Crippen LogP contribution is 2.22. The summed E-state index contributed by atoms with van der Waals surface area (Å²) in [5.74, 6) is -0.312. The minimum absolute atomic E-state index is 0.248. The molecule has 6 heteroatoms. The molecule has 0 spiro atoms. The van der Waals surface area contributed by atoms with Crippen LogP contribution >= 0.6 is 11.3 Å². The monoisotopic (exact) mass is 288 g/mol. The summed E-state index contributed by atoms with van der Waals surface area (Å²) in [6.45, 7) is 0. The van der Waals surface area contributed by atoms with E-state index in [9.17, 15) is 9.18 Å². The molecule has 0 unspecified atom stereocenters. The molecular formula is C14H9FN2O2S. The second-order valence-corrected chi connectivity index (χ2v) is 4.96. The highest BCUT2D eigenvalue weighted by molar-refractivity contribution is 7.12. The van der Waals surface area contributed by atoms with Crippen molar-refractivity contribution in [1.29, 1.82) is 0 Å². The number of benzene rings is 1. The molecule has 2 aromatic heterocycles. The van der Waals surface area contributed by atoms with Gasteiger partial charge in [-0.2, -0.15) is 0 Å². The summed E-state index contributed by atoms with van der Waals surface area (Å²) in [6.07, 6.45) is 0. The molecule has 1 N–H and O–H groups in total. The van der Waals surface area contributed by atoms with Crippen LogP contribution in [-0.4, -0.2) is 11.1 Å². The maximum Gasteiger partial charge on any atom is 0.268 e. The predicted octanol–water partition coefficient (Wildman–Crippen LogP) is 3.79. The van der Waals surface area contributed by atoms with E-state index in [-0.39, 0.29) is 17.6 Å². The molecule has 3 rings (SSSR count). The van der Waals surface area contributed by atoms with Gasteiger partial charge in [0.25, 0.3) is 5.91 Å². The fourth-order valence-electron chi connectivity index (χ4n) is 1.67. The van der Waals surface area contributed by atoms with Gasteiger partial charge in [-0.3, -0.25) is 10.1 Å². The number of hydrogen-bond acceptors (Lipinski definition) is 4. The molecule has 0 saturated heterocycles. The Bertz CT molecular complexity index is 720. The van der Waals surface area contributed by atoms with Crippen molar-refractivity contribution in [2.45, 2.75) is 0 Å². The molecule has 0 aliphatic heterocycles. The number of anilines is 1. The standard InChI is InChI=1S/C14H9FN2O2S/c15-10-5-3-9(4-6-10)11-8-13(19-17-11)16-14(18)12-2-1-7-20-12/h1-8H,(H,16,18). The lowest BCUT2D eigenvalue weighted by Gasteiger charge is -1.96. The Morgan fingerprint density at radius 1 is 1.25 bits per heavy atom. The zero-order valence-electron chi connectivity index (χ0n) is 10.2. The molecule has 2 heterocycles. The SMILES string of the molecule is O=C(Nc1cc(-c2ccc(F)cc2)no1)c1cccs1. The maximum absolute atomic E-state index is 12.8. The molecule has 100 valence electrons. The lowest BCUT2D eigenvalue weighted by atomic mass is 10.1. The number of rotatable bonds is 3. The van der Waals surface area contributed by atoms with Crippen molar-refractivity contribution in [1.82, 2.24) is 5.16 Å². The molecular weight excluding hydrogens is 279 g/mol. The molecule has 4 nitrogen and oxygen atoms in total. The first-order chi connectivity index (χ1) is 9.72. The first kappa shape index (κ1) is 12.6. The molecule has 0 aliphatic rings. The largest absolute Gasteiger partial charge is 0.338 e. The third kappa shape index (κ3) is 2.60. The van der Waals surface area contributed by atoms with Crippen molar-refractivity contribution >= 4 is 23.1 Å². The van der Waals surface area contributed by atoms with E-state index in [1.165, 1.54) is 23.5 Å². The molecule has 0 saturated carbocycles. The number of amides is 1. The third-order valence-corrected chi connectivity index (χ3v) is 3.50. The lowest BCUT2D eigenvalue weighted by Crippen LogP contribution is -2.09. The normalized spacial score (nSPS) is 10.4. The fraction of sp³-hybridized carbons (Fsp3) is 0. The maximum atomic E-state index is 12.8. The summed E-state index contributed by atoms with van der Waals surface area (Å²) >= 11 is 1.34. The number of nitrogens with one attached hydrogen (secondary N) is 1. The second-order valence-electron chi connectivity index (χ2n) is 4.01. The van der Waals surface area contributed by atoms with Crippen LogP contribution in [0.1, 0.15) is 9.67 Å². The first-order valence-electron chi connectivity index (χ1n) is 5.80. The van der Waals surface area contributed by atoms with Crippen LogP contribution in [0.4, 0.5) is 10.3 Å². The summed E-state index contributed by atoms with van der Waals surface area (Å²) in [7, 11) is 0. The van der Waals surface area contributed by atoms with Gasteiger partial charge in [0.15, 0.2) is 0 Å². The highest BCUT2D eigenvalue weighted by Gasteiger charge is 2.11. The Labute approximate surface area is 117 Å². The number of hydrogen-bond donors (Lipinski definition) is 1. The molecule has 1 aromatic carbocycles. The molecule has 0 radical (unpaired) electrons. The van der Waals surface area contributed by atoms with E-state index in [0.29, 0.717) is 16.1 Å². The van der Waals surface area contributed by atoms with Gasteiger partial charge >= 0.3 is 0 Å². The van der Waals surface area contributed by atoms with Crippen LogP contribution in [0, 0.1) is 5.82 Å². The van der Waals surface area contributed by atoms with Crippen LogP contribution in [0.25, 0.3) is 11.3 Å². The number of thiophene rings is 1. The van der Waals surface area contributed by atoms with Crippen LogP contribution in [0.5, 0.6) is 0 Å². The van der Waals surface area contributed by atoms with E-state index in [1.807, 2.05) is 5.38 Å². The predicted molar refractivity (Wildman–Crippen MR) is 74.2 cm³/mol. The summed E-state index contributed by atoms with van der Waals surface area (Å²) in [6, 6.07) is 11.0. The van der Waals surface area contributed by atoms with E-state index >= 15 is 0 Å². The van der Waals surface area contributed by atoms with Crippen molar-refractivity contribution in [2.75, 3.05) is 5.32 Å². The summed E-state index contributed by atoms with van der Waals surface area (Å²) in [5, 5.41) is 8.27. The first-order valence-corrected chi connectivity index (χ1v) is 6.68. The Kier molecular flexibility index (Phi) is 3.30. The van der Waals surface area contributed by atoms with Gasteiger partial charge in [0.1, 0.15) is 11.5 Å². The van der Waals surface area contributed by atoms with Crippen LogP contribution in [-0.2, 0) is 0 Å². The number of aromatic nitrogens is 1. The second kappa shape index (κ2) is 5.26. The topological polar surface area (TPSA) is 55.1 Å². The molecule has 1 amide bonds. The van der Waals surface area contributed by atoms with Gasteiger partial charge in [0, 0.05) is 11.6 Å². The highest BCUT2D eigenvalue weighted by atomic mass is 32.1. The van der Waals surface area contributed by atoms with Crippen molar-refractivity contribution in [3.8, 4) is 11.3 Å². The minimum atomic E-state index is -0.316. The number of nitrogens with zero attached hydrogens (tertiary/aromatic N) is 1. The minimum Gasteiger partial charge on any atom is -0.338 e. The summed E-state index contributed by atoms with van der Waals surface area (Å²) in [4.78, 5) is 12.4. The van der Waals surface area contributed by atoms with Crippen molar-refractivity contribution in [2.24, 2.45) is 0 Å². The average Bonchev–Trinajstić information content (AvgIpc) is 3.10. The van der Waals surface area contributed by atoms with E-state index in [2.05, 4.69) is 10.5 Å². The molecule has 0 fully saturated rings. The van der Waals surface area contributed by atoms with Gasteiger partial charge in [-0.1, -0.05) is 11.2 Å². The molecule has 20 heavy (non-hydrogen) atoms. The number of carbonyl (C=O) groups excluding carboxylic acids is 1. The lowest BCUT2D eigenvalue weighted by molar-refractivity contribution is 0.102. The van der Waals surface area contributed by atoms with Crippen molar-refractivity contribution in [3.05, 3.63) is 58.5 Å². The van der Waals surface area contributed by atoms with Gasteiger partial charge in [0.05, 0.1) is 4.88 Å². The van der Waals surface area contributed by atoms with Crippen LogP contribution in [0.15, 0.2) is 52.4 Å². The smallest absolute Gasteiger partial charge is 0.268 e. The van der Waals surface area contributed by atoms with Crippen molar-refractivity contribution < 1.29 is 13.7 Å². The quantitative estimate of drug-likeness (QED) is 0.797. The zero-order valence-corrected chi connectivity index (χ0v) is 11.0. The molecule has 0 atom stereocenters. The van der Waals surface area contributed by atoms with Gasteiger partial charge in [-0.05, 0) is 35.7 Å². The van der Waals surface area contributed by atoms with E-state index in [4.69, 9.17) is 4.52 Å². The zero-order chi connectivity index (χ0) is 13.9. The fourth-order valence-corrected chi connectivity index (χ4v) is 2.29. The molecule has 3 aromatic rings. The third-order valence-electron chi connectivity index (χ3n) is 2.63. The van der Waals surface area contributed by atoms with Crippen molar-refractivity contribution in [3.63, 3.8) is 0 Å². The average molecular weight is 288 g/mol. The van der Waals surface area contributed by atoms with Crippen LogP contribution in [0.2, 0.25) is 0 Å². The number of halogens is 1. The Morgan fingerprint density at radius 2 is 2.05 bits per heavy atom. The van der Waals surface area contributed by atoms with Gasteiger partial charge in [-0.15, -0.1) is 11.3 Å². The van der Waals surface area contributed by atoms with Crippen LogP contribution < -0.4 is 5.32 Å². The van der Waals surface area contributed by atoms with E-state index in [1.54, 1.807) is 30.3 Å². The Hall–Kier alpha value is -2.47. The number of carbonyl (C=O) groups is 1. The Morgan fingerprint density at radius 3 is 2.75 bits per heavy atom. The van der Waals surface area contributed by atoms with Gasteiger partial charge in [0.2, 0.25) is 5.88 Å². The van der Waals surface area contributed by atoms with E-state index in [0.717, 1.165) is 0 Å².